The standard InChI is InChI=1S/C23H18F2N2O2S/c1-14-6-8-15(9-7-14)22(29)26-19-5-3-2-4-17(19)23-27(21(28)13-30-23)20-11-10-16(24)12-18(20)25/h2-12,23H,13H2,1H3,(H,26,29). The Hall–Kier alpha value is -3.19. The minimum absolute atomic E-state index is 0.0102. The van der Waals surface area contributed by atoms with E-state index in [2.05, 4.69) is 5.32 Å². The Morgan fingerprint density at radius 1 is 1.07 bits per heavy atom. The van der Waals surface area contributed by atoms with Crippen molar-refractivity contribution in [3.05, 3.63) is 95.1 Å². The van der Waals surface area contributed by atoms with Crippen molar-refractivity contribution in [1.29, 1.82) is 0 Å². The average molecular weight is 424 g/mol. The molecule has 1 saturated heterocycles. The highest BCUT2D eigenvalue weighted by atomic mass is 32.2. The first-order valence-electron chi connectivity index (χ1n) is 9.29. The lowest BCUT2D eigenvalue weighted by molar-refractivity contribution is -0.115. The topological polar surface area (TPSA) is 49.4 Å². The van der Waals surface area contributed by atoms with Crippen LogP contribution in [0.15, 0.2) is 66.7 Å². The highest BCUT2D eigenvalue weighted by molar-refractivity contribution is 8.00. The molecule has 0 bridgehead atoms. The minimum atomic E-state index is -0.808. The van der Waals surface area contributed by atoms with Gasteiger partial charge >= 0.3 is 0 Å². The maximum absolute atomic E-state index is 14.4. The van der Waals surface area contributed by atoms with Crippen LogP contribution in [0.25, 0.3) is 0 Å². The fourth-order valence-electron chi connectivity index (χ4n) is 3.32. The average Bonchev–Trinajstić information content (AvgIpc) is 3.10. The number of halogens is 2. The minimum Gasteiger partial charge on any atom is -0.322 e. The molecular weight excluding hydrogens is 406 g/mol. The fraction of sp³-hybridized carbons (Fsp3) is 0.130. The van der Waals surface area contributed by atoms with E-state index in [1.54, 1.807) is 36.4 Å². The third-order valence-electron chi connectivity index (χ3n) is 4.83. The van der Waals surface area contributed by atoms with Crippen molar-refractivity contribution in [2.45, 2.75) is 12.3 Å². The van der Waals surface area contributed by atoms with Crippen LogP contribution in [0.1, 0.15) is 26.9 Å². The van der Waals surface area contributed by atoms with Gasteiger partial charge in [-0.05, 0) is 37.3 Å². The molecule has 7 heteroatoms. The zero-order valence-electron chi connectivity index (χ0n) is 16.1. The van der Waals surface area contributed by atoms with Crippen LogP contribution in [0.5, 0.6) is 0 Å². The van der Waals surface area contributed by atoms with Crippen molar-refractivity contribution in [3.8, 4) is 0 Å². The number of hydrogen-bond donors (Lipinski definition) is 1. The van der Waals surface area contributed by atoms with Crippen molar-refractivity contribution in [1.82, 2.24) is 0 Å². The molecule has 1 unspecified atom stereocenters. The molecule has 0 aliphatic carbocycles. The zero-order chi connectivity index (χ0) is 21.3. The molecule has 30 heavy (non-hydrogen) atoms. The van der Waals surface area contributed by atoms with Gasteiger partial charge in [0.25, 0.3) is 5.91 Å². The normalized spacial score (nSPS) is 16.0. The summed E-state index contributed by atoms with van der Waals surface area (Å²) >= 11 is 1.32. The molecule has 3 aromatic carbocycles. The number of carbonyl (C=O) groups is 2. The summed E-state index contributed by atoms with van der Waals surface area (Å²) in [4.78, 5) is 26.6. The van der Waals surface area contributed by atoms with Crippen LogP contribution in [-0.2, 0) is 4.79 Å². The summed E-state index contributed by atoms with van der Waals surface area (Å²) in [5.41, 5.74) is 2.76. The molecule has 1 aliphatic rings. The summed E-state index contributed by atoms with van der Waals surface area (Å²) in [6, 6.07) is 17.4. The fourth-order valence-corrected chi connectivity index (χ4v) is 4.52. The number of nitrogens with one attached hydrogen (secondary N) is 1. The first-order valence-corrected chi connectivity index (χ1v) is 10.3. The molecule has 4 rings (SSSR count). The molecule has 0 aromatic heterocycles. The van der Waals surface area contributed by atoms with E-state index in [1.165, 1.54) is 22.7 Å². The number of para-hydroxylation sites is 1. The molecular formula is C23H18F2N2O2S. The lowest BCUT2D eigenvalue weighted by atomic mass is 10.1. The van der Waals surface area contributed by atoms with E-state index in [-0.39, 0.29) is 23.3 Å². The highest BCUT2D eigenvalue weighted by Gasteiger charge is 2.36. The molecule has 4 nitrogen and oxygen atoms in total. The summed E-state index contributed by atoms with van der Waals surface area (Å²) in [5.74, 6) is -1.93. The Balaban J connectivity index is 1.67. The third kappa shape index (κ3) is 3.93. The van der Waals surface area contributed by atoms with Gasteiger partial charge in [0.2, 0.25) is 5.91 Å². The Bertz CT molecular complexity index is 1120. The maximum Gasteiger partial charge on any atom is 0.255 e. The lowest BCUT2D eigenvalue weighted by Gasteiger charge is -2.26. The van der Waals surface area contributed by atoms with Gasteiger partial charge in [-0.15, -0.1) is 11.8 Å². The second kappa shape index (κ2) is 8.28. The smallest absolute Gasteiger partial charge is 0.255 e. The van der Waals surface area contributed by atoms with Gasteiger partial charge in [0, 0.05) is 22.9 Å². The van der Waals surface area contributed by atoms with Gasteiger partial charge in [0.15, 0.2) is 0 Å². The monoisotopic (exact) mass is 424 g/mol. The number of nitrogens with zero attached hydrogens (tertiary/aromatic N) is 1. The van der Waals surface area contributed by atoms with Crippen molar-refractivity contribution in [3.63, 3.8) is 0 Å². The quantitative estimate of drug-likeness (QED) is 0.618. The van der Waals surface area contributed by atoms with Crippen molar-refractivity contribution in [2.24, 2.45) is 0 Å². The van der Waals surface area contributed by atoms with E-state index in [0.29, 0.717) is 16.8 Å². The Morgan fingerprint density at radius 2 is 1.80 bits per heavy atom. The lowest BCUT2D eigenvalue weighted by Crippen LogP contribution is -2.29. The summed E-state index contributed by atoms with van der Waals surface area (Å²) in [6.45, 7) is 1.94. The van der Waals surface area contributed by atoms with Crippen molar-refractivity contribution >= 4 is 35.0 Å². The Morgan fingerprint density at radius 3 is 2.53 bits per heavy atom. The van der Waals surface area contributed by atoms with Gasteiger partial charge in [-0.25, -0.2) is 8.78 Å². The van der Waals surface area contributed by atoms with Crippen LogP contribution in [-0.4, -0.2) is 17.6 Å². The number of rotatable bonds is 4. The third-order valence-corrected chi connectivity index (χ3v) is 6.02. The second-order valence-electron chi connectivity index (χ2n) is 6.93. The van der Waals surface area contributed by atoms with E-state index in [0.717, 1.165) is 17.7 Å². The SMILES string of the molecule is Cc1ccc(C(=O)Nc2ccccc2C2SCC(=O)N2c2ccc(F)cc2F)cc1. The summed E-state index contributed by atoms with van der Waals surface area (Å²) < 4.78 is 27.8. The predicted octanol–water partition coefficient (Wildman–Crippen LogP) is 5.30. The van der Waals surface area contributed by atoms with E-state index in [1.807, 2.05) is 19.1 Å². The summed E-state index contributed by atoms with van der Waals surface area (Å²) in [6.07, 6.45) is 0. The van der Waals surface area contributed by atoms with E-state index >= 15 is 0 Å². The largest absolute Gasteiger partial charge is 0.322 e. The molecule has 1 aliphatic heterocycles. The number of hydrogen-bond acceptors (Lipinski definition) is 3. The first kappa shape index (κ1) is 20.1. The number of aryl methyl sites for hydroxylation is 1. The van der Waals surface area contributed by atoms with Gasteiger partial charge < -0.3 is 5.32 Å². The van der Waals surface area contributed by atoms with E-state index in [4.69, 9.17) is 0 Å². The van der Waals surface area contributed by atoms with Gasteiger partial charge in [0.1, 0.15) is 17.0 Å². The van der Waals surface area contributed by atoms with Crippen molar-refractivity contribution in [2.75, 3.05) is 16.0 Å². The number of amides is 2. The van der Waals surface area contributed by atoms with Crippen LogP contribution in [0.2, 0.25) is 0 Å². The van der Waals surface area contributed by atoms with Crippen LogP contribution < -0.4 is 10.2 Å². The first-order chi connectivity index (χ1) is 14.4. The van der Waals surface area contributed by atoms with E-state index < -0.39 is 17.0 Å². The summed E-state index contributed by atoms with van der Waals surface area (Å²) in [7, 11) is 0. The summed E-state index contributed by atoms with van der Waals surface area (Å²) in [5, 5.41) is 2.34. The van der Waals surface area contributed by atoms with Gasteiger partial charge in [0.05, 0.1) is 11.4 Å². The number of thioether (sulfide) groups is 1. The van der Waals surface area contributed by atoms with Crippen LogP contribution in [0.3, 0.4) is 0 Å². The van der Waals surface area contributed by atoms with Crippen molar-refractivity contribution < 1.29 is 18.4 Å². The van der Waals surface area contributed by atoms with Gasteiger partial charge in [-0.2, -0.15) is 0 Å². The molecule has 1 fully saturated rings. The molecule has 1 heterocycles. The number of benzene rings is 3. The van der Waals surface area contributed by atoms with Crippen LogP contribution in [0.4, 0.5) is 20.2 Å². The highest BCUT2D eigenvalue weighted by Crippen LogP contribution is 2.44. The predicted molar refractivity (Wildman–Crippen MR) is 115 cm³/mol. The molecule has 0 radical (unpaired) electrons. The Labute approximate surface area is 176 Å². The van der Waals surface area contributed by atoms with Gasteiger partial charge in [-0.1, -0.05) is 35.9 Å². The van der Waals surface area contributed by atoms with Crippen LogP contribution in [0, 0.1) is 18.6 Å². The maximum atomic E-state index is 14.4. The zero-order valence-corrected chi connectivity index (χ0v) is 16.9. The molecule has 2 amide bonds. The number of anilines is 2. The Kier molecular flexibility index (Phi) is 5.55. The molecule has 3 aromatic rings. The number of carbonyl (C=O) groups excluding carboxylic acids is 2. The molecule has 152 valence electrons. The van der Waals surface area contributed by atoms with Crippen LogP contribution >= 0.6 is 11.8 Å². The molecule has 1 atom stereocenters. The van der Waals surface area contributed by atoms with E-state index in [9.17, 15) is 18.4 Å². The van der Waals surface area contributed by atoms with Gasteiger partial charge in [-0.3, -0.25) is 14.5 Å². The molecule has 0 spiro atoms. The molecule has 1 N–H and O–H groups in total. The second-order valence-corrected chi connectivity index (χ2v) is 8.00. The molecule has 0 saturated carbocycles.